The van der Waals surface area contributed by atoms with E-state index in [9.17, 15) is 9.90 Å². The maximum absolute atomic E-state index is 15.3. The van der Waals surface area contributed by atoms with Crippen LogP contribution in [0.15, 0.2) is 71.7 Å². The molecule has 7 rings (SSSR count). The van der Waals surface area contributed by atoms with Crippen molar-refractivity contribution in [3.8, 4) is 34.0 Å². The summed E-state index contributed by atoms with van der Waals surface area (Å²) in [4.78, 5) is 22.5. The van der Waals surface area contributed by atoms with Crippen molar-refractivity contribution in [2.45, 2.75) is 25.4 Å². The monoisotopic (exact) mass is 548 g/mol. The predicted molar refractivity (Wildman–Crippen MR) is 154 cm³/mol. The largest absolute Gasteiger partial charge is 0.496 e. The van der Waals surface area contributed by atoms with Crippen LogP contribution in [0.4, 0.5) is 10.3 Å². The van der Waals surface area contributed by atoms with E-state index in [2.05, 4.69) is 20.2 Å². The number of para-hydroxylation sites is 1. The van der Waals surface area contributed by atoms with Crippen LogP contribution in [0.1, 0.15) is 29.9 Å². The molecule has 4 N–H and O–H groups in total. The molecule has 1 fully saturated rings. The number of benzene rings is 3. The Morgan fingerprint density at radius 3 is 2.66 bits per heavy atom. The topological polar surface area (TPSA) is 132 Å². The van der Waals surface area contributed by atoms with E-state index in [-0.39, 0.29) is 11.3 Å². The maximum atomic E-state index is 15.3. The lowest BCUT2D eigenvalue weighted by Crippen LogP contribution is -2.20. The summed E-state index contributed by atoms with van der Waals surface area (Å²) < 4.78 is 22.2. The Kier molecular flexibility index (Phi) is 5.79. The molecular formula is C31H25FN6O3. The van der Waals surface area contributed by atoms with E-state index in [0.29, 0.717) is 56.3 Å². The van der Waals surface area contributed by atoms with Crippen LogP contribution in [0.25, 0.3) is 50.0 Å². The van der Waals surface area contributed by atoms with E-state index in [4.69, 9.17) is 10.5 Å². The second-order valence-corrected chi connectivity index (χ2v) is 10.1. The first kappa shape index (κ1) is 24.9. The number of anilines is 1. The summed E-state index contributed by atoms with van der Waals surface area (Å²) in [5.41, 5.74) is 9.93. The van der Waals surface area contributed by atoms with E-state index in [0.717, 1.165) is 24.0 Å². The van der Waals surface area contributed by atoms with Gasteiger partial charge in [-0.3, -0.25) is 14.5 Å². The van der Waals surface area contributed by atoms with Gasteiger partial charge in [-0.15, -0.1) is 0 Å². The number of H-pyrrole nitrogens is 1. The third kappa shape index (κ3) is 4.03. The number of pyridine rings is 1. The van der Waals surface area contributed by atoms with Crippen LogP contribution in [0.2, 0.25) is 0 Å². The number of hydrogen-bond donors (Lipinski definition) is 3. The highest BCUT2D eigenvalue weighted by molar-refractivity contribution is 6.02. The maximum Gasteiger partial charge on any atom is 0.265 e. The molecule has 1 aliphatic carbocycles. The Bertz CT molecular complexity index is 2050. The smallest absolute Gasteiger partial charge is 0.265 e. The summed E-state index contributed by atoms with van der Waals surface area (Å²) in [7, 11) is 1.58. The average Bonchev–Trinajstić information content (AvgIpc) is 3.76. The fourth-order valence-corrected chi connectivity index (χ4v) is 5.56. The van der Waals surface area contributed by atoms with Gasteiger partial charge in [-0.2, -0.15) is 10.1 Å². The van der Waals surface area contributed by atoms with Crippen LogP contribution in [0, 0.1) is 5.82 Å². The fourth-order valence-electron chi connectivity index (χ4n) is 5.56. The zero-order valence-electron chi connectivity index (χ0n) is 22.1. The van der Waals surface area contributed by atoms with Crippen LogP contribution in [0.3, 0.4) is 0 Å². The number of hydrogen-bond acceptors (Lipinski definition) is 7. The molecule has 1 saturated carbocycles. The molecule has 0 amide bonds. The highest BCUT2D eigenvalue weighted by Gasteiger charge is 2.26. The summed E-state index contributed by atoms with van der Waals surface area (Å²) in [5.74, 6) is 0.424. The third-order valence-corrected chi connectivity index (χ3v) is 7.66. The molecule has 0 spiro atoms. The molecule has 0 bridgehead atoms. The summed E-state index contributed by atoms with van der Waals surface area (Å²) in [6.45, 7) is -0.424. The molecule has 0 unspecified atom stereocenters. The Hall–Kier alpha value is -5.09. The SMILES string of the molecule is COc1ccccc1-c1[nH]nc2nc(N)nc(-c3cccc(-n4ccc5cc(C6CC6)cc(F)c5c4=O)c3CO)c12. The Labute approximate surface area is 233 Å². The molecule has 3 aromatic carbocycles. The number of nitrogens with one attached hydrogen (secondary N) is 1. The first-order valence-electron chi connectivity index (χ1n) is 13.2. The number of fused-ring (bicyclic) bond motifs is 2. The number of aliphatic hydroxyl groups excluding tert-OH is 1. The van der Waals surface area contributed by atoms with Crippen LogP contribution in [-0.4, -0.2) is 36.9 Å². The van der Waals surface area contributed by atoms with Crippen molar-refractivity contribution in [2.75, 3.05) is 12.8 Å². The van der Waals surface area contributed by atoms with Crippen LogP contribution in [-0.2, 0) is 6.61 Å². The number of rotatable bonds is 6. The van der Waals surface area contributed by atoms with Gasteiger partial charge in [0.15, 0.2) is 5.65 Å². The molecule has 0 saturated heterocycles. The lowest BCUT2D eigenvalue weighted by atomic mass is 9.98. The second-order valence-electron chi connectivity index (χ2n) is 10.1. The minimum atomic E-state index is -0.546. The highest BCUT2D eigenvalue weighted by Crippen LogP contribution is 2.42. The molecule has 3 aromatic heterocycles. The summed E-state index contributed by atoms with van der Waals surface area (Å²) >= 11 is 0. The number of aromatic amines is 1. The van der Waals surface area contributed by atoms with Crippen LogP contribution < -0.4 is 16.0 Å². The van der Waals surface area contributed by atoms with E-state index >= 15 is 4.39 Å². The standard InChI is InChI=1S/C31H25FN6O3/c1-41-24-8-3-2-5-20(24)28-26-27(34-31(33)35-29(26)37-36-28)19-6-4-7-23(21(19)15-39)38-12-11-17-13-18(16-9-10-16)14-22(32)25(17)30(38)40/h2-8,11-14,16,39H,9-10,15H2,1H3,(H3,33,34,35,36,37). The summed E-state index contributed by atoms with van der Waals surface area (Å²) in [6, 6.07) is 17.8. The Balaban J connectivity index is 1.46. The molecule has 0 aliphatic heterocycles. The van der Waals surface area contributed by atoms with Gasteiger partial charge >= 0.3 is 0 Å². The van der Waals surface area contributed by atoms with Crippen molar-refractivity contribution in [3.63, 3.8) is 0 Å². The number of halogens is 1. The van der Waals surface area contributed by atoms with Crippen molar-refractivity contribution in [1.82, 2.24) is 24.7 Å². The van der Waals surface area contributed by atoms with E-state index in [1.54, 1.807) is 37.6 Å². The van der Waals surface area contributed by atoms with Gasteiger partial charge in [0.1, 0.15) is 11.6 Å². The minimum Gasteiger partial charge on any atom is -0.496 e. The zero-order chi connectivity index (χ0) is 28.2. The summed E-state index contributed by atoms with van der Waals surface area (Å²) in [6.07, 6.45) is 3.68. The summed E-state index contributed by atoms with van der Waals surface area (Å²) in [5, 5.41) is 19.2. The fraction of sp³-hybridized carbons (Fsp3) is 0.161. The second kappa shape index (κ2) is 9.53. The van der Waals surface area contributed by atoms with Crippen molar-refractivity contribution < 1.29 is 14.2 Å². The molecule has 1 aliphatic rings. The molecule has 10 heteroatoms. The van der Waals surface area contributed by atoms with E-state index in [1.807, 2.05) is 30.3 Å². The number of nitrogens with zero attached hydrogens (tertiary/aromatic N) is 4. The lowest BCUT2D eigenvalue weighted by molar-refractivity contribution is 0.282. The molecule has 6 aromatic rings. The minimum absolute atomic E-state index is 0.00344. The van der Waals surface area contributed by atoms with Gasteiger partial charge in [0.25, 0.3) is 5.56 Å². The van der Waals surface area contributed by atoms with Crippen LogP contribution in [0.5, 0.6) is 5.75 Å². The zero-order valence-corrected chi connectivity index (χ0v) is 22.1. The van der Waals surface area contributed by atoms with Gasteiger partial charge in [0.2, 0.25) is 5.95 Å². The number of nitrogens with two attached hydrogens (primary N) is 1. The Morgan fingerprint density at radius 1 is 1.07 bits per heavy atom. The van der Waals surface area contributed by atoms with Gasteiger partial charge in [-0.05, 0) is 60.0 Å². The van der Waals surface area contributed by atoms with Gasteiger partial charge in [-0.1, -0.05) is 30.3 Å². The first-order valence-corrected chi connectivity index (χ1v) is 13.2. The molecule has 0 atom stereocenters. The number of aromatic nitrogens is 5. The highest BCUT2D eigenvalue weighted by atomic mass is 19.1. The van der Waals surface area contributed by atoms with Gasteiger partial charge in [0.05, 0.1) is 41.6 Å². The van der Waals surface area contributed by atoms with Crippen molar-refractivity contribution in [2.24, 2.45) is 0 Å². The number of aliphatic hydroxyl groups is 1. The van der Waals surface area contributed by atoms with Crippen molar-refractivity contribution in [3.05, 3.63) is 94.2 Å². The van der Waals surface area contributed by atoms with Crippen molar-refractivity contribution in [1.29, 1.82) is 0 Å². The quantitative estimate of drug-likeness (QED) is 0.264. The first-order chi connectivity index (χ1) is 20.0. The molecule has 41 heavy (non-hydrogen) atoms. The number of methoxy groups -OCH3 is 1. The van der Waals surface area contributed by atoms with Crippen LogP contribution >= 0.6 is 0 Å². The predicted octanol–water partition coefficient (Wildman–Crippen LogP) is 5.09. The molecular weight excluding hydrogens is 523 g/mol. The number of nitrogen functional groups attached to an aromatic ring is 1. The molecule has 204 valence electrons. The van der Waals surface area contributed by atoms with Gasteiger partial charge < -0.3 is 15.6 Å². The Morgan fingerprint density at radius 2 is 1.88 bits per heavy atom. The van der Waals surface area contributed by atoms with E-state index < -0.39 is 18.0 Å². The molecule has 3 heterocycles. The van der Waals surface area contributed by atoms with E-state index in [1.165, 1.54) is 10.6 Å². The average molecular weight is 549 g/mol. The van der Waals surface area contributed by atoms with Gasteiger partial charge in [0, 0.05) is 22.9 Å². The lowest BCUT2D eigenvalue weighted by Gasteiger charge is -2.16. The normalized spacial score (nSPS) is 13.2. The molecule has 0 radical (unpaired) electrons. The van der Waals surface area contributed by atoms with Gasteiger partial charge in [-0.25, -0.2) is 9.37 Å². The number of ether oxygens (including phenoxy) is 1. The molecule has 9 nitrogen and oxygen atoms in total. The third-order valence-electron chi connectivity index (χ3n) is 7.66. The van der Waals surface area contributed by atoms with Crippen molar-refractivity contribution >= 4 is 27.8 Å².